The fourth-order valence-electron chi connectivity index (χ4n) is 1.37. The molecule has 2 heteroatoms. The number of nitrogens with one attached hydrogen (secondary N) is 1. The molecule has 0 heterocycles. The Balaban J connectivity index is 1.96. The van der Waals surface area contributed by atoms with E-state index in [1.165, 1.54) is 0 Å². The van der Waals surface area contributed by atoms with E-state index in [1.807, 2.05) is 42.5 Å². The van der Waals surface area contributed by atoms with Crippen molar-refractivity contribution in [1.82, 2.24) is 0 Å². The normalized spacial score (nSPS) is 9.87. The second-order valence-corrected chi connectivity index (χ2v) is 3.39. The molecular formula is C13H13NO. The standard InChI is InChI=1S/C13H13NO/c15-13-8-6-11(7-9-13)10-14-12-4-2-1-3-5-12/h1-9,14-15H,10H2. The first-order valence-corrected chi connectivity index (χ1v) is 4.91. The number of para-hydroxylation sites is 1. The summed E-state index contributed by atoms with van der Waals surface area (Å²) in [6.45, 7) is 0.768. The van der Waals surface area contributed by atoms with Crippen LogP contribution in [0.3, 0.4) is 0 Å². The number of rotatable bonds is 3. The van der Waals surface area contributed by atoms with E-state index in [1.54, 1.807) is 12.1 Å². The summed E-state index contributed by atoms with van der Waals surface area (Å²) in [4.78, 5) is 0. The van der Waals surface area contributed by atoms with Gasteiger partial charge in [0.2, 0.25) is 0 Å². The van der Waals surface area contributed by atoms with Crippen molar-refractivity contribution in [2.45, 2.75) is 6.54 Å². The van der Waals surface area contributed by atoms with E-state index in [2.05, 4.69) is 5.32 Å². The van der Waals surface area contributed by atoms with E-state index in [0.29, 0.717) is 5.75 Å². The molecular weight excluding hydrogens is 186 g/mol. The third-order valence-corrected chi connectivity index (χ3v) is 2.21. The molecule has 0 amide bonds. The first-order valence-electron chi connectivity index (χ1n) is 4.91. The lowest BCUT2D eigenvalue weighted by Gasteiger charge is -2.05. The number of phenolic OH excluding ortho intramolecular Hbond substituents is 1. The first-order chi connectivity index (χ1) is 7.34. The highest BCUT2D eigenvalue weighted by Gasteiger charge is 1.93. The highest BCUT2D eigenvalue weighted by molar-refractivity contribution is 5.43. The van der Waals surface area contributed by atoms with Crippen LogP contribution in [0.5, 0.6) is 5.75 Å². The zero-order chi connectivity index (χ0) is 10.5. The van der Waals surface area contributed by atoms with Gasteiger partial charge in [-0.2, -0.15) is 0 Å². The average Bonchev–Trinajstić information content (AvgIpc) is 2.30. The second kappa shape index (κ2) is 4.51. The lowest BCUT2D eigenvalue weighted by atomic mass is 10.2. The smallest absolute Gasteiger partial charge is 0.115 e. The molecule has 0 aliphatic heterocycles. The first kappa shape index (κ1) is 9.59. The van der Waals surface area contributed by atoms with Crippen LogP contribution >= 0.6 is 0 Å². The Morgan fingerprint density at radius 3 is 2.20 bits per heavy atom. The van der Waals surface area contributed by atoms with Crippen LogP contribution in [0.4, 0.5) is 5.69 Å². The van der Waals surface area contributed by atoms with E-state index in [4.69, 9.17) is 5.11 Å². The van der Waals surface area contributed by atoms with Crippen LogP contribution in [0.15, 0.2) is 54.6 Å². The summed E-state index contributed by atoms with van der Waals surface area (Å²) in [6.07, 6.45) is 0. The Labute approximate surface area is 89.2 Å². The fourth-order valence-corrected chi connectivity index (χ4v) is 1.37. The fraction of sp³-hybridized carbons (Fsp3) is 0.0769. The number of benzene rings is 2. The van der Waals surface area contributed by atoms with E-state index in [-0.39, 0.29) is 0 Å². The molecule has 76 valence electrons. The molecule has 0 aliphatic rings. The molecule has 2 nitrogen and oxygen atoms in total. The molecule has 0 atom stereocenters. The molecule has 0 saturated carbocycles. The monoisotopic (exact) mass is 199 g/mol. The second-order valence-electron chi connectivity index (χ2n) is 3.39. The predicted octanol–water partition coefficient (Wildman–Crippen LogP) is 3.00. The molecule has 2 rings (SSSR count). The maximum Gasteiger partial charge on any atom is 0.115 e. The van der Waals surface area contributed by atoms with Gasteiger partial charge in [-0.25, -0.2) is 0 Å². The predicted molar refractivity (Wildman–Crippen MR) is 61.9 cm³/mol. The van der Waals surface area contributed by atoms with Crippen LogP contribution in [0.25, 0.3) is 0 Å². The maximum atomic E-state index is 9.12. The maximum absolute atomic E-state index is 9.12. The minimum atomic E-state index is 0.304. The molecule has 0 bridgehead atoms. The molecule has 0 radical (unpaired) electrons. The van der Waals surface area contributed by atoms with Crippen LogP contribution in [-0.2, 0) is 6.54 Å². The molecule has 0 saturated heterocycles. The quantitative estimate of drug-likeness (QED) is 0.796. The van der Waals surface area contributed by atoms with Gasteiger partial charge in [-0.05, 0) is 29.8 Å². The van der Waals surface area contributed by atoms with Gasteiger partial charge in [0.05, 0.1) is 0 Å². The van der Waals surface area contributed by atoms with Gasteiger partial charge >= 0.3 is 0 Å². The molecule has 2 N–H and O–H groups in total. The van der Waals surface area contributed by atoms with Gasteiger partial charge in [0, 0.05) is 12.2 Å². The summed E-state index contributed by atoms with van der Waals surface area (Å²) in [6, 6.07) is 17.3. The molecule has 0 fully saturated rings. The zero-order valence-electron chi connectivity index (χ0n) is 8.35. The minimum absolute atomic E-state index is 0.304. The molecule has 0 aliphatic carbocycles. The summed E-state index contributed by atoms with van der Waals surface area (Å²) in [7, 11) is 0. The van der Waals surface area contributed by atoms with Crippen LogP contribution in [0, 0.1) is 0 Å². The van der Waals surface area contributed by atoms with Gasteiger partial charge in [0.25, 0.3) is 0 Å². The Kier molecular flexibility index (Phi) is 2.88. The van der Waals surface area contributed by atoms with Crippen molar-refractivity contribution in [1.29, 1.82) is 0 Å². The van der Waals surface area contributed by atoms with E-state index in [9.17, 15) is 0 Å². The Bertz CT molecular complexity index is 408. The van der Waals surface area contributed by atoms with Crippen molar-refractivity contribution >= 4 is 5.69 Å². The van der Waals surface area contributed by atoms with E-state index >= 15 is 0 Å². The van der Waals surface area contributed by atoms with Gasteiger partial charge < -0.3 is 10.4 Å². The van der Waals surface area contributed by atoms with Crippen LogP contribution in [0.2, 0.25) is 0 Å². The highest BCUT2D eigenvalue weighted by Crippen LogP contribution is 2.12. The Hall–Kier alpha value is -1.96. The van der Waals surface area contributed by atoms with Crippen LogP contribution in [-0.4, -0.2) is 5.11 Å². The molecule has 2 aromatic rings. The number of hydrogen-bond donors (Lipinski definition) is 2. The van der Waals surface area contributed by atoms with Crippen LogP contribution < -0.4 is 5.32 Å². The largest absolute Gasteiger partial charge is 0.508 e. The SMILES string of the molecule is Oc1ccc(CNc2ccccc2)cc1. The van der Waals surface area contributed by atoms with Crippen molar-refractivity contribution in [3.63, 3.8) is 0 Å². The lowest BCUT2D eigenvalue weighted by Crippen LogP contribution is -1.98. The van der Waals surface area contributed by atoms with Crippen molar-refractivity contribution in [3.05, 3.63) is 60.2 Å². The Morgan fingerprint density at radius 2 is 1.53 bits per heavy atom. The molecule has 0 spiro atoms. The summed E-state index contributed by atoms with van der Waals surface area (Å²) in [5.74, 6) is 0.304. The number of phenols is 1. The van der Waals surface area contributed by atoms with Gasteiger partial charge in [-0.1, -0.05) is 30.3 Å². The number of hydrogen-bond acceptors (Lipinski definition) is 2. The van der Waals surface area contributed by atoms with Crippen LogP contribution in [0.1, 0.15) is 5.56 Å². The van der Waals surface area contributed by atoms with Gasteiger partial charge in [-0.15, -0.1) is 0 Å². The number of aromatic hydroxyl groups is 1. The van der Waals surface area contributed by atoms with Crippen molar-refractivity contribution in [2.75, 3.05) is 5.32 Å². The van der Waals surface area contributed by atoms with E-state index < -0.39 is 0 Å². The summed E-state index contributed by atoms with van der Waals surface area (Å²) in [5.41, 5.74) is 2.25. The molecule has 0 aromatic heterocycles. The van der Waals surface area contributed by atoms with E-state index in [0.717, 1.165) is 17.8 Å². The minimum Gasteiger partial charge on any atom is -0.508 e. The van der Waals surface area contributed by atoms with Gasteiger partial charge in [-0.3, -0.25) is 0 Å². The van der Waals surface area contributed by atoms with Gasteiger partial charge in [0.1, 0.15) is 5.75 Å². The summed E-state index contributed by atoms with van der Waals surface area (Å²) >= 11 is 0. The third-order valence-electron chi connectivity index (χ3n) is 2.21. The van der Waals surface area contributed by atoms with Gasteiger partial charge in [0.15, 0.2) is 0 Å². The summed E-state index contributed by atoms with van der Waals surface area (Å²) in [5, 5.41) is 12.4. The molecule has 15 heavy (non-hydrogen) atoms. The average molecular weight is 199 g/mol. The van der Waals surface area contributed by atoms with Crippen molar-refractivity contribution < 1.29 is 5.11 Å². The lowest BCUT2D eigenvalue weighted by molar-refractivity contribution is 0.475. The topological polar surface area (TPSA) is 32.3 Å². The molecule has 2 aromatic carbocycles. The highest BCUT2D eigenvalue weighted by atomic mass is 16.3. The summed E-state index contributed by atoms with van der Waals surface area (Å²) < 4.78 is 0. The molecule has 0 unspecified atom stereocenters. The zero-order valence-corrected chi connectivity index (χ0v) is 8.35. The Morgan fingerprint density at radius 1 is 0.867 bits per heavy atom. The number of anilines is 1. The van der Waals surface area contributed by atoms with Crippen molar-refractivity contribution in [2.24, 2.45) is 0 Å². The van der Waals surface area contributed by atoms with Crippen molar-refractivity contribution in [3.8, 4) is 5.75 Å². The third kappa shape index (κ3) is 2.74.